The van der Waals surface area contributed by atoms with Crippen LogP contribution < -0.4 is 0 Å². The Morgan fingerprint density at radius 1 is 1.20 bits per heavy atom. The van der Waals surface area contributed by atoms with Crippen LogP contribution in [0.2, 0.25) is 0 Å². The molecule has 0 aliphatic carbocycles. The molecule has 1 aliphatic rings. The largest absolute Gasteiger partial charge is 0.357 e. The summed E-state index contributed by atoms with van der Waals surface area (Å²) in [4.78, 5) is 2.51. The minimum atomic E-state index is 0.0228. The van der Waals surface area contributed by atoms with Crippen molar-refractivity contribution in [3.63, 3.8) is 0 Å². The molecular formula is C10H21NO2SSi. The smallest absolute Gasteiger partial charge is 0.138 e. The maximum atomic E-state index is 5.53. The number of ether oxygens (including phenoxy) is 2. The molecule has 0 spiro atoms. The van der Waals surface area contributed by atoms with Crippen LogP contribution in [0.3, 0.4) is 0 Å². The first-order valence-corrected chi connectivity index (χ1v) is 8.07. The van der Waals surface area contributed by atoms with Gasteiger partial charge in [0.15, 0.2) is 0 Å². The Morgan fingerprint density at radius 2 is 1.80 bits per heavy atom. The molecule has 5 heteroatoms. The zero-order valence-electron chi connectivity index (χ0n) is 9.70. The number of rotatable bonds is 7. The van der Waals surface area contributed by atoms with E-state index in [-0.39, 0.29) is 5.91 Å². The van der Waals surface area contributed by atoms with Gasteiger partial charge in [-0.25, -0.2) is 0 Å². The molecule has 0 aromatic rings. The van der Waals surface area contributed by atoms with Crippen LogP contribution in [0, 0.1) is 0 Å². The van der Waals surface area contributed by atoms with E-state index in [9.17, 15) is 0 Å². The fourth-order valence-corrected chi connectivity index (χ4v) is 3.70. The molecule has 0 atom stereocenters. The topological polar surface area (TPSA) is 21.7 Å². The molecule has 0 aromatic heterocycles. The van der Waals surface area contributed by atoms with Crippen molar-refractivity contribution in [2.75, 3.05) is 44.0 Å². The lowest BCUT2D eigenvalue weighted by Crippen LogP contribution is -2.40. The summed E-state index contributed by atoms with van der Waals surface area (Å²) in [6, 6.07) is 0. The average Bonchev–Trinajstić information content (AvgIpc) is 2.28. The minimum Gasteiger partial charge on any atom is -0.357 e. The summed E-state index contributed by atoms with van der Waals surface area (Å²) in [5.41, 5.74) is 0. The van der Waals surface area contributed by atoms with E-state index in [0.29, 0.717) is 0 Å². The van der Waals surface area contributed by atoms with Gasteiger partial charge in [-0.2, -0.15) is 11.8 Å². The quantitative estimate of drug-likeness (QED) is 0.495. The molecule has 0 amide bonds. The molecule has 0 aromatic carbocycles. The summed E-state index contributed by atoms with van der Waals surface area (Å²) < 4.78 is 11.1. The van der Waals surface area contributed by atoms with Gasteiger partial charge in [-0.15, -0.1) is 0 Å². The molecule has 3 nitrogen and oxygen atoms in total. The maximum absolute atomic E-state index is 5.53. The van der Waals surface area contributed by atoms with Crippen LogP contribution in [-0.4, -0.2) is 64.3 Å². The molecule has 0 saturated carbocycles. The fraction of sp³-hybridized carbons (Fsp3) is 1.00. The first kappa shape index (κ1) is 13.5. The van der Waals surface area contributed by atoms with Gasteiger partial charge in [0.1, 0.15) is 15.4 Å². The molecule has 0 bridgehead atoms. The zero-order valence-corrected chi connectivity index (χ0v) is 11.5. The van der Waals surface area contributed by atoms with E-state index < -0.39 is 0 Å². The molecule has 1 heterocycles. The van der Waals surface area contributed by atoms with Gasteiger partial charge in [-0.1, -0.05) is 0 Å². The van der Waals surface area contributed by atoms with Gasteiger partial charge >= 0.3 is 0 Å². The van der Waals surface area contributed by atoms with E-state index >= 15 is 0 Å². The summed E-state index contributed by atoms with van der Waals surface area (Å²) in [6.07, 6.45) is 1.13. The van der Waals surface area contributed by atoms with E-state index in [1.165, 1.54) is 24.6 Å². The Balaban J connectivity index is 2.13. The van der Waals surface area contributed by atoms with Crippen LogP contribution in [0.1, 0.15) is 13.8 Å². The number of thioether (sulfide) groups is 1. The number of nitrogens with zero attached hydrogens (tertiary/aromatic N) is 1. The van der Waals surface area contributed by atoms with Gasteiger partial charge in [0.05, 0.1) is 0 Å². The van der Waals surface area contributed by atoms with Gasteiger partial charge in [-0.3, -0.25) is 0 Å². The third-order valence-electron chi connectivity index (χ3n) is 2.22. The molecule has 1 rings (SSSR count). The van der Waals surface area contributed by atoms with Crippen molar-refractivity contribution in [2.24, 2.45) is 0 Å². The molecule has 0 N–H and O–H groups in total. The van der Waals surface area contributed by atoms with Gasteiger partial charge in [-0.05, 0) is 20.0 Å². The second-order valence-electron chi connectivity index (χ2n) is 3.34. The highest BCUT2D eigenvalue weighted by Crippen LogP contribution is 2.08. The van der Waals surface area contributed by atoms with Crippen LogP contribution in [0.15, 0.2) is 0 Å². The Kier molecular flexibility index (Phi) is 7.73. The van der Waals surface area contributed by atoms with E-state index in [2.05, 4.69) is 16.7 Å². The summed E-state index contributed by atoms with van der Waals surface area (Å²) in [5, 5.41) is 0. The number of hydrogen-bond donors (Lipinski definition) is 0. The Morgan fingerprint density at radius 3 is 2.33 bits per heavy atom. The highest BCUT2D eigenvalue weighted by Gasteiger charge is 2.14. The van der Waals surface area contributed by atoms with Gasteiger partial charge in [0.25, 0.3) is 0 Å². The summed E-state index contributed by atoms with van der Waals surface area (Å²) in [7, 11) is 0.740. The zero-order chi connectivity index (χ0) is 10.9. The van der Waals surface area contributed by atoms with E-state index in [1.807, 2.05) is 13.8 Å². The SMILES string of the molecule is CCOC(OCC)[Si]CN1CCSCC1. The van der Waals surface area contributed by atoms with Gasteiger partial charge in [0, 0.05) is 37.8 Å². The van der Waals surface area contributed by atoms with Crippen molar-refractivity contribution in [1.82, 2.24) is 4.90 Å². The van der Waals surface area contributed by atoms with Crippen LogP contribution in [0.4, 0.5) is 0 Å². The standard InChI is InChI=1S/C10H21NO2SSi/c1-3-12-10(13-4-2)15-9-11-5-7-14-8-6-11/h10H,3-9H2,1-2H3. The van der Waals surface area contributed by atoms with Crippen LogP contribution >= 0.6 is 11.8 Å². The van der Waals surface area contributed by atoms with Crippen LogP contribution in [-0.2, 0) is 9.47 Å². The van der Waals surface area contributed by atoms with Crippen LogP contribution in [0.25, 0.3) is 0 Å². The molecule has 15 heavy (non-hydrogen) atoms. The lowest BCUT2D eigenvalue weighted by molar-refractivity contribution is -0.0833. The molecule has 0 unspecified atom stereocenters. The highest BCUT2D eigenvalue weighted by molar-refractivity contribution is 7.99. The van der Waals surface area contributed by atoms with E-state index in [4.69, 9.17) is 9.47 Å². The minimum absolute atomic E-state index is 0.0228. The average molecular weight is 247 g/mol. The summed E-state index contributed by atoms with van der Waals surface area (Å²) >= 11 is 2.05. The molecule has 1 fully saturated rings. The van der Waals surface area contributed by atoms with E-state index in [0.717, 1.165) is 28.9 Å². The Labute approximate surface area is 99.7 Å². The third-order valence-corrected chi connectivity index (χ3v) is 4.46. The van der Waals surface area contributed by atoms with Crippen LogP contribution in [0.5, 0.6) is 0 Å². The monoisotopic (exact) mass is 247 g/mol. The third kappa shape index (κ3) is 5.92. The lowest BCUT2D eigenvalue weighted by Gasteiger charge is -2.27. The second kappa shape index (κ2) is 8.58. The fourth-order valence-electron chi connectivity index (χ4n) is 1.43. The maximum Gasteiger partial charge on any atom is 0.138 e. The van der Waals surface area contributed by atoms with Crippen molar-refractivity contribution < 1.29 is 9.47 Å². The van der Waals surface area contributed by atoms with Gasteiger partial charge in [0.2, 0.25) is 0 Å². The van der Waals surface area contributed by atoms with Crippen molar-refractivity contribution in [3.05, 3.63) is 0 Å². The molecular weight excluding hydrogens is 226 g/mol. The Bertz CT molecular complexity index is 150. The first-order valence-electron chi connectivity index (χ1n) is 5.63. The molecule has 1 aliphatic heterocycles. The lowest BCUT2D eigenvalue weighted by atomic mass is 10.6. The van der Waals surface area contributed by atoms with Gasteiger partial charge < -0.3 is 14.4 Å². The van der Waals surface area contributed by atoms with Crippen molar-refractivity contribution in [3.8, 4) is 0 Å². The molecule has 88 valence electrons. The molecule has 1 saturated heterocycles. The highest BCUT2D eigenvalue weighted by atomic mass is 32.2. The Hall–Kier alpha value is 0.447. The second-order valence-corrected chi connectivity index (χ2v) is 5.76. The molecule has 2 radical (unpaired) electrons. The normalized spacial score (nSPS) is 18.6. The van der Waals surface area contributed by atoms with Crippen molar-refractivity contribution in [2.45, 2.75) is 19.8 Å². The number of hydrogen-bond acceptors (Lipinski definition) is 4. The summed E-state index contributed by atoms with van der Waals surface area (Å²) in [6.45, 7) is 7.98. The predicted octanol–water partition coefficient (Wildman–Crippen LogP) is 1.05. The summed E-state index contributed by atoms with van der Waals surface area (Å²) in [5.74, 6) is 2.58. The predicted molar refractivity (Wildman–Crippen MR) is 66.6 cm³/mol. The van der Waals surface area contributed by atoms with E-state index in [1.54, 1.807) is 0 Å². The van der Waals surface area contributed by atoms with Crippen molar-refractivity contribution in [1.29, 1.82) is 0 Å². The first-order chi connectivity index (χ1) is 7.36. The van der Waals surface area contributed by atoms with Crippen molar-refractivity contribution >= 4 is 21.3 Å².